The Morgan fingerprint density at radius 1 is 1.60 bits per heavy atom. The fraction of sp³-hybridized carbons (Fsp3) is 0.600. The molecule has 0 aliphatic carbocycles. The van der Waals surface area contributed by atoms with E-state index in [4.69, 9.17) is 10.2 Å². The van der Waals surface area contributed by atoms with Gasteiger partial charge >= 0.3 is 0 Å². The van der Waals surface area contributed by atoms with E-state index in [0.717, 1.165) is 11.5 Å². The van der Waals surface area contributed by atoms with Crippen molar-refractivity contribution in [1.29, 1.82) is 0 Å². The number of rotatable bonds is 1. The lowest BCUT2D eigenvalue weighted by Crippen LogP contribution is -2.38. The lowest BCUT2D eigenvalue weighted by molar-refractivity contribution is -0.135. The van der Waals surface area contributed by atoms with Crippen molar-refractivity contribution in [2.45, 2.75) is 26.8 Å². The molecule has 0 aromatic carbocycles. The van der Waals surface area contributed by atoms with Gasteiger partial charge in [-0.05, 0) is 0 Å². The summed E-state index contributed by atoms with van der Waals surface area (Å²) in [6, 6.07) is 0.193. The molecule has 1 aliphatic heterocycles. The summed E-state index contributed by atoms with van der Waals surface area (Å²) in [4.78, 5) is 17.6. The Morgan fingerprint density at radius 3 is 3.00 bits per heavy atom. The predicted molar refractivity (Wildman–Crippen MR) is 54.9 cm³/mol. The molecule has 2 heterocycles. The molecule has 0 unspecified atom stereocenters. The number of oxazole rings is 1. The SMILES string of the molecule is CC(C)C(=O)N1CCc2oc(N)nc2C1. The molecular weight excluding hydrogens is 194 g/mol. The maximum Gasteiger partial charge on any atom is 0.292 e. The molecule has 5 heteroatoms. The molecule has 0 saturated carbocycles. The van der Waals surface area contributed by atoms with Crippen molar-refractivity contribution in [3.63, 3.8) is 0 Å². The van der Waals surface area contributed by atoms with Crippen LogP contribution in [0.1, 0.15) is 25.3 Å². The van der Waals surface area contributed by atoms with Crippen LogP contribution in [-0.2, 0) is 17.8 Å². The molecule has 0 spiro atoms. The minimum atomic E-state index is 0.0239. The zero-order valence-corrected chi connectivity index (χ0v) is 8.99. The van der Waals surface area contributed by atoms with Gasteiger partial charge in [0.05, 0.1) is 6.54 Å². The first-order valence-electron chi connectivity index (χ1n) is 5.10. The number of carbonyl (C=O) groups excluding carboxylic acids is 1. The smallest absolute Gasteiger partial charge is 0.292 e. The molecule has 2 rings (SSSR count). The fourth-order valence-electron chi connectivity index (χ4n) is 1.77. The summed E-state index contributed by atoms with van der Waals surface area (Å²) in [5.41, 5.74) is 6.26. The molecule has 0 saturated heterocycles. The lowest BCUT2D eigenvalue weighted by atomic mass is 10.1. The average molecular weight is 209 g/mol. The van der Waals surface area contributed by atoms with Crippen LogP contribution in [0.4, 0.5) is 6.01 Å². The third-order valence-electron chi connectivity index (χ3n) is 2.55. The largest absolute Gasteiger partial charge is 0.428 e. The summed E-state index contributed by atoms with van der Waals surface area (Å²) in [5.74, 6) is 0.998. The monoisotopic (exact) mass is 209 g/mol. The maximum absolute atomic E-state index is 11.8. The van der Waals surface area contributed by atoms with Gasteiger partial charge in [0.1, 0.15) is 11.5 Å². The van der Waals surface area contributed by atoms with Gasteiger partial charge in [0.15, 0.2) is 0 Å². The van der Waals surface area contributed by atoms with Crippen LogP contribution in [0, 0.1) is 5.92 Å². The highest BCUT2D eigenvalue weighted by molar-refractivity contribution is 5.78. The molecule has 0 atom stereocenters. The Morgan fingerprint density at radius 2 is 2.33 bits per heavy atom. The Kier molecular flexibility index (Phi) is 2.38. The Balaban J connectivity index is 2.15. The number of amides is 1. The van der Waals surface area contributed by atoms with E-state index in [1.165, 1.54) is 0 Å². The number of nitrogens with zero attached hydrogens (tertiary/aromatic N) is 2. The van der Waals surface area contributed by atoms with Crippen LogP contribution >= 0.6 is 0 Å². The Bertz CT molecular complexity index is 384. The van der Waals surface area contributed by atoms with Crippen LogP contribution in [0.5, 0.6) is 0 Å². The second-order valence-electron chi connectivity index (χ2n) is 4.09. The average Bonchev–Trinajstić information content (AvgIpc) is 2.55. The second-order valence-corrected chi connectivity index (χ2v) is 4.09. The highest BCUT2D eigenvalue weighted by Crippen LogP contribution is 2.21. The van der Waals surface area contributed by atoms with E-state index in [0.29, 0.717) is 19.5 Å². The van der Waals surface area contributed by atoms with Crippen molar-refractivity contribution < 1.29 is 9.21 Å². The van der Waals surface area contributed by atoms with E-state index < -0.39 is 0 Å². The topological polar surface area (TPSA) is 72.4 Å². The normalized spacial score (nSPS) is 15.5. The van der Waals surface area contributed by atoms with Gasteiger partial charge in [0.25, 0.3) is 6.01 Å². The summed E-state index contributed by atoms with van der Waals surface area (Å²) in [6.45, 7) is 5.01. The van der Waals surface area contributed by atoms with Crippen molar-refractivity contribution in [3.05, 3.63) is 11.5 Å². The number of carbonyl (C=O) groups is 1. The highest BCUT2D eigenvalue weighted by Gasteiger charge is 2.25. The number of aromatic nitrogens is 1. The second kappa shape index (κ2) is 3.56. The molecular formula is C10H15N3O2. The number of nitrogens with two attached hydrogens (primary N) is 1. The summed E-state index contributed by atoms with van der Waals surface area (Å²) < 4.78 is 5.22. The first-order valence-corrected chi connectivity index (χ1v) is 5.10. The third-order valence-corrected chi connectivity index (χ3v) is 2.55. The summed E-state index contributed by atoms with van der Waals surface area (Å²) in [5, 5.41) is 0. The van der Waals surface area contributed by atoms with E-state index in [9.17, 15) is 4.79 Å². The van der Waals surface area contributed by atoms with Crippen LogP contribution < -0.4 is 5.73 Å². The minimum absolute atomic E-state index is 0.0239. The van der Waals surface area contributed by atoms with Gasteiger partial charge in [-0.15, -0.1) is 0 Å². The first-order chi connectivity index (χ1) is 7.08. The number of anilines is 1. The molecule has 0 bridgehead atoms. The molecule has 0 radical (unpaired) electrons. The van der Waals surface area contributed by atoms with E-state index in [2.05, 4.69) is 4.98 Å². The molecule has 5 nitrogen and oxygen atoms in total. The predicted octanol–water partition coefficient (Wildman–Crippen LogP) is 0.798. The highest BCUT2D eigenvalue weighted by atomic mass is 16.4. The third kappa shape index (κ3) is 1.82. The van der Waals surface area contributed by atoms with Gasteiger partial charge < -0.3 is 15.1 Å². The molecule has 0 fully saturated rings. The zero-order valence-electron chi connectivity index (χ0n) is 8.99. The van der Waals surface area contributed by atoms with Crippen molar-refractivity contribution in [1.82, 2.24) is 9.88 Å². The fourth-order valence-corrected chi connectivity index (χ4v) is 1.77. The number of nitrogen functional groups attached to an aromatic ring is 1. The van der Waals surface area contributed by atoms with Crippen LogP contribution in [0.25, 0.3) is 0 Å². The molecule has 82 valence electrons. The van der Waals surface area contributed by atoms with Gasteiger partial charge in [0, 0.05) is 18.9 Å². The van der Waals surface area contributed by atoms with Crippen LogP contribution in [0.15, 0.2) is 4.42 Å². The molecule has 2 N–H and O–H groups in total. The Hall–Kier alpha value is -1.52. The molecule has 1 aliphatic rings. The summed E-state index contributed by atoms with van der Waals surface area (Å²) in [6.07, 6.45) is 0.706. The van der Waals surface area contributed by atoms with Gasteiger partial charge in [-0.1, -0.05) is 13.8 Å². The number of hydrogen-bond donors (Lipinski definition) is 1. The van der Waals surface area contributed by atoms with Crippen molar-refractivity contribution in [2.75, 3.05) is 12.3 Å². The summed E-state index contributed by atoms with van der Waals surface area (Å²) >= 11 is 0. The van der Waals surface area contributed by atoms with Gasteiger partial charge in [-0.3, -0.25) is 4.79 Å². The van der Waals surface area contributed by atoms with Crippen molar-refractivity contribution in [2.24, 2.45) is 5.92 Å². The van der Waals surface area contributed by atoms with Gasteiger partial charge in [-0.25, -0.2) is 0 Å². The molecule has 1 aromatic heterocycles. The zero-order chi connectivity index (χ0) is 11.0. The van der Waals surface area contributed by atoms with Crippen LogP contribution in [0.2, 0.25) is 0 Å². The van der Waals surface area contributed by atoms with E-state index in [-0.39, 0.29) is 17.8 Å². The quantitative estimate of drug-likeness (QED) is 0.742. The lowest BCUT2D eigenvalue weighted by Gasteiger charge is -2.26. The van der Waals surface area contributed by atoms with Gasteiger partial charge in [0.2, 0.25) is 5.91 Å². The van der Waals surface area contributed by atoms with Crippen molar-refractivity contribution in [3.8, 4) is 0 Å². The molecule has 15 heavy (non-hydrogen) atoms. The maximum atomic E-state index is 11.8. The van der Waals surface area contributed by atoms with Crippen molar-refractivity contribution >= 4 is 11.9 Å². The van der Waals surface area contributed by atoms with E-state index in [1.54, 1.807) is 4.90 Å². The number of hydrogen-bond acceptors (Lipinski definition) is 4. The first kappa shape index (κ1) is 10.0. The van der Waals surface area contributed by atoms with Crippen LogP contribution in [-0.4, -0.2) is 22.3 Å². The molecule has 1 aromatic rings. The summed E-state index contributed by atoms with van der Waals surface area (Å²) in [7, 11) is 0. The molecule has 1 amide bonds. The van der Waals surface area contributed by atoms with Crippen LogP contribution in [0.3, 0.4) is 0 Å². The van der Waals surface area contributed by atoms with E-state index >= 15 is 0 Å². The van der Waals surface area contributed by atoms with E-state index in [1.807, 2.05) is 13.8 Å². The standard InChI is InChI=1S/C10H15N3O2/c1-6(2)9(14)13-4-3-8-7(5-13)12-10(11)15-8/h6H,3-5H2,1-2H3,(H2,11,12). The van der Waals surface area contributed by atoms with Gasteiger partial charge in [-0.2, -0.15) is 4.98 Å². The Labute approximate surface area is 88.3 Å². The minimum Gasteiger partial charge on any atom is -0.428 e. The number of fused-ring (bicyclic) bond motifs is 1.